The van der Waals surface area contributed by atoms with Gasteiger partial charge in [-0.05, 0) is 0 Å². The molecular formula is C19H24N5O10P. The average molecular weight is 513 g/mol. The van der Waals surface area contributed by atoms with Gasteiger partial charge in [0.15, 0.2) is 23.2 Å². The molecule has 0 saturated carbocycles. The summed E-state index contributed by atoms with van der Waals surface area (Å²) < 4.78 is 33.0. The number of nitrogens with zero attached hydrogens (tertiary/aromatic N) is 4. The van der Waals surface area contributed by atoms with Gasteiger partial charge in [0.25, 0.3) is 0 Å². The van der Waals surface area contributed by atoms with Crippen LogP contribution in [-0.2, 0) is 20.4 Å². The fraction of sp³-hybridized carbons (Fsp3) is 0.421. The Morgan fingerprint density at radius 3 is 2.43 bits per heavy atom. The zero-order valence-corrected chi connectivity index (χ0v) is 19.4. The highest BCUT2D eigenvalue weighted by Crippen LogP contribution is 2.39. The second-order valence-electron chi connectivity index (χ2n) is 7.56. The van der Waals surface area contributed by atoms with Gasteiger partial charge in [0.1, 0.15) is 41.9 Å². The average Bonchev–Trinajstić information content (AvgIpc) is 3.37. The number of hydrogen-bond acceptors (Lipinski definition) is 12. The number of phenolic OH excluding ortho intramolecular Hbond substituents is 1. The zero-order valence-electron chi connectivity index (χ0n) is 18.5. The van der Waals surface area contributed by atoms with Crippen molar-refractivity contribution in [1.82, 2.24) is 19.5 Å². The molecule has 4 rings (SSSR count). The minimum atomic E-state index is -4.79. The van der Waals surface area contributed by atoms with Crippen molar-refractivity contribution in [2.75, 3.05) is 26.1 Å². The lowest BCUT2D eigenvalue weighted by Gasteiger charge is -2.17. The zero-order chi connectivity index (χ0) is 25.3. The molecule has 16 heteroatoms. The standard InChI is InChI=1S/C19H24N5O10P/c1-31-11-3-9(25)4-12(32-2)10(11)5-20-17-14-18(22-7-21-17)24(8-23-14)19-16(27)15(26)13(34-19)6-33-35(28,29)30/h3-4,7-8,13,15-16,19,25-27H,5-6H2,1-2H3,(H,20,21,22)(H2,28,29,30)/t13-,15-,16-,19-/m1/s1. The van der Waals surface area contributed by atoms with E-state index in [1.807, 2.05) is 0 Å². The Morgan fingerprint density at radius 2 is 1.80 bits per heavy atom. The summed E-state index contributed by atoms with van der Waals surface area (Å²) in [4.78, 5) is 30.5. The molecule has 3 aromatic rings. The van der Waals surface area contributed by atoms with Gasteiger partial charge < -0.3 is 44.6 Å². The number of hydrogen-bond donors (Lipinski definition) is 6. The van der Waals surface area contributed by atoms with E-state index < -0.39 is 39.0 Å². The molecule has 1 aliphatic rings. The fourth-order valence-corrected chi connectivity index (χ4v) is 4.09. The first-order valence-corrected chi connectivity index (χ1v) is 11.7. The number of aromatic nitrogens is 4. The van der Waals surface area contributed by atoms with Crippen LogP contribution in [0.1, 0.15) is 11.8 Å². The van der Waals surface area contributed by atoms with E-state index in [4.69, 9.17) is 24.0 Å². The molecule has 0 bridgehead atoms. The van der Waals surface area contributed by atoms with Crippen LogP contribution in [0.15, 0.2) is 24.8 Å². The van der Waals surface area contributed by atoms with E-state index in [-0.39, 0.29) is 17.9 Å². The van der Waals surface area contributed by atoms with E-state index in [1.54, 1.807) is 0 Å². The maximum absolute atomic E-state index is 11.0. The highest BCUT2D eigenvalue weighted by molar-refractivity contribution is 7.46. The monoisotopic (exact) mass is 513 g/mol. The summed E-state index contributed by atoms with van der Waals surface area (Å²) in [6, 6.07) is 2.89. The maximum atomic E-state index is 11.0. The number of anilines is 1. The third-order valence-electron chi connectivity index (χ3n) is 5.40. The van der Waals surface area contributed by atoms with Crippen molar-refractivity contribution in [1.29, 1.82) is 0 Å². The van der Waals surface area contributed by atoms with E-state index in [0.29, 0.717) is 28.4 Å². The van der Waals surface area contributed by atoms with Crippen LogP contribution in [0.2, 0.25) is 0 Å². The molecule has 6 N–H and O–H groups in total. The third kappa shape index (κ3) is 5.16. The van der Waals surface area contributed by atoms with Crippen molar-refractivity contribution in [3.8, 4) is 17.2 Å². The topological polar surface area (TPSA) is 211 Å². The van der Waals surface area contributed by atoms with Crippen LogP contribution in [-0.4, -0.2) is 83.8 Å². The van der Waals surface area contributed by atoms with Crippen LogP contribution < -0.4 is 14.8 Å². The normalized spacial score (nSPS) is 22.5. The summed E-state index contributed by atoms with van der Waals surface area (Å²) in [5.74, 6) is 1.10. The van der Waals surface area contributed by atoms with E-state index in [1.165, 1.54) is 43.6 Å². The molecule has 4 atom stereocenters. The Kier molecular flexibility index (Phi) is 7.10. The molecule has 1 fully saturated rings. The number of benzene rings is 1. The number of methoxy groups -OCH3 is 2. The molecule has 1 aromatic carbocycles. The largest absolute Gasteiger partial charge is 0.508 e. The Morgan fingerprint density at radius 1 is 1.11 bits per heavy atom. The molecule has 0 aliphatic carbocycles. The van der Waals surface area contributed by atoms with Gasteiger partial charge in [-0.1, -0.05) is 0 Å². The van der Waals surface area contributed by atoms with Crippen molar-refractivity contribution >= 4 is 24.8 Å². The highest BCUT2D eigenvalue weighted by atomic mass is 31.2. The first kappa shape index (κ1) is 25.1. The Balaban J connectivity index is 1.57. The van der Waals surface area contributed by atoms with E-state index in [2.05, 4.69) is 24.8 Å². The lowest BCUT2D eigenvalue weighted by Crippen LogP contribution is -2.33. The van der Waals surface area contributed by atoms with Crippen molar-refractivity contribution in [2.24, 2.45) is 0 Å². The quantitative estimate of drug-likeness (QED) is 0.206. The van der Waals surface area contributed by atoms with Gasteiger partial charge in [0.2, 0.25) is 0 Å². The van der Waals surface area contributed by atoms with Crippen LogP contribution in [0.4, 0.5) is 5.82 Å². The number of aromatic hydroxyl groups is 1. The number of ether oxygens (including phenoxy) is 3. The second kappa shape index (κ2) is 9.91. The summed E-state index contributed by atoms with van der Waals surface area (Å²) in [5, 5.41) is 33.7. The van der Waals surface area contributed by atoms with Gasteiger partial charge >= 0.3 is 7.82 Å². The molecule has 0 amide bonds. The molecule has 0 radical (unpaired) electrons. The first-order valence-electron chi connectivity index (χ1n) is 10.2. The van der Waals surface area contributed by atoms with Crippen LogP contribution in [0.5, 0.6) is 17.2 Å². The number of phenols is 1. The van der Waals surface area contributed by atoms with Crippen molar-refractivity contribution in [3.63, 3.8) is 0 Å². The Hall–Kier alpha value is -3.04. The predicted octanol–water partition coefficient (Wildman–Crippen LogP) is -0.110. The minimum Gasteiger partial charge on any atom is -0.508 e. The van der Waals surface area contributed by atoms with Gasteiger partial charge in [0, 0.05) is 18.7 Å². The smallest absolute Gasteiger partial charge is 0.469 e. The number of phosphoric ester groups is 1. The predicted molar refractivity (Wildman–Crippen MR) is 118 cm³/mol. The summed E-state index contributed by atoms with van der Waals surface area (Å²) in [7, 11) is -1.87. The highest BCUT2D eigenvalue weighted by Gasteiger charge is 2.45. The SMILES string of the molecule is COc1cc(O)cc(OC)c1CNc1ncnc2c1ncn2[C@@H]1O[C@H](COP(=O)(O)O)[C@@H](O)[C@H]1O. The minimum absolute atomic E-state index is 0.0209. The van der Waals surface area contributed by atoms with E-state index >= 15 is 0 Å². The van der Waals surface area contributed by atoms with Gasteiger partial charge in [-0.15, -0.1) is 0 Å². The molecule has 0 unspecified atom stereocenters. The summed E-state index contributed by atoms with van der Waals surface area (Å²) in [5.41, 5.74) is 1.20. The molecule has 2 aromatic heterocycles. The molecule has 1 saturated heterocycles. The number of imidazole rings is 1. The van der Waals surface area contributed by atoms with Crippen LogP contribution in [0, 0.1) is 0 Å². The van der Waals surface area contributed by atoms with Crippen LogP contribution in [0.3, 0.4) is 0 Å². The molecule has 0 spiro atoms. The number of aliphatic hydroxyl groups is 2. The lowest BCUT2D eigenvalue weighted by molar-refractivity contribution is -0.0504. The van der Waals surface area contributed by atoms with Crippen molar-refractivity contribution in [2.45, 2.75) is 31.1 Å². The molecule has 190 valence electrons. The fourth-order valence-electron chi connectivity index (χ4n) is 3.75. The molecule has 3 heterocycles. The van der Waals surface area contributed by atoms with Gasteiger partial charge in [-0.2, -0.15) is 0 Å². The lowest BCUT2D eigenvalue weighted by atomic mass is 10.1. The second-order valence-corrected chi connectivity index (χ2v) is 8.80. The molecule has 1 aliphatic heterocycles. The molecular weight excluding hydrogens is 489 g/mol. The summed E-state index contributed by atoms with van der Waals surface area (Å²) in [6.45, 7) is -0.446. The summed E-state index contributed by atoms with van der Waals surface area (Å²) in [6.07, 6.45) is -2.68. The molecule has 15 nitrogen and oxygen atoms in total. The number of rotatable bonds is 9. The third-order valence-corrected chi connectivity index (χ3v) is 5.89. The van der Waals surface area contributed by atoms with Gasteiger partial charge in [-0.3, -0.25) is 9.09 Å². The van der Waals surface area contributed by atoms with Crippen molar-refractivity contribution < 1.29 is 48.4 Å². The van der Waals surface area contributed by atoms with Crippen LogP contribution >= 0.6 is 7.82 Å². The number of phosphoric acid groups is 1. The first-order chi connectivity index (χ1) is 16.6. The van der Waals surface area contributed by atoms with Crippen LogP contribution in [0.25, 0.3) is 11.2 Å². The molecule has 35 heavy (non-hydrogen) atoms. The van der Waals surface area contributed by atoms with E-state index in [0.717, 1.165) is 0 Å². The van der Waals surface area contributed by atoms with Gasteiger partial charge in [0.05, 0.1) is 32.7 Å². The number of nitrogens with one attached hydrogen (secondary N) is 1. The van der Waals surface area contributed by atoms with E-state index in [9.17, 15) is 19.9 Å². The van der Waals surface area contributed by atoms with Crippen molar-refractivity contribution in [3.05, 3.63) is 30.4 Å². The Bertz CT molecular complexity index is 1220. The Labute approximate surface area is 198 Å². The summed E-state index contributed by atoms with van der Waals surface area (Å²) >= 11 is 0. The maximum Gasteiger partial charge on any atom is 0.469 e. The number of aliphatic hydroxyl groups excluding tert-OH is 2. The number of fused-ring (bicyclic) bond motifs is 1. The van der Waals surface area contributed by atoms with Gasteiger partial charge in [-0.25, -0.2) is 19.5 Å².